The smallest absolute Gasteiger partial charge is 0.140 e. The lowest BCUT2D eigenvalue weighted by atomic mass is 9.83. The standard InChI is InChI=1S/C17H26BrNO/c1-17(2,3)19-12-14(13-7-5-4-6-8-13)11-16-15(18)9-10-20-16/h9-11,13,19H,4-8,12H2,1-3H3/b14-11-. The Morgan fingerprint density at radius 1 is 1.35 bits per heavy atom. The number of hydrogen-bond acceptors (Lipinski definition) is 2. The lowest BCUT2D eigenvalue weighted by molar-refractivity contribution is 0.377. The van der Waals surface area contributed by atoms with Gasteiger partial charge in [-0.05, 0) is 73.2 Å². The summed E-state index contributed by atoms with van der Waals surface area (Å²) in [5.74, 6) is 1.65. The number of halogens is 1. The zero-order valence-corrected chi connectivity index (χ0v) is 14.4. The lowest BCUT2D eigenvalue weighted by Crippen LogP contribution is -2.38. The van der Waals surface area contributed by atoms with E-state index in [2.05, 4.69) is 48.1 Å². The third-order valence-electron chi connectivity index (χ3n) is 3.91. The second-order valence-electron chi connectivity index (χ2n) is 6.79. The highest BCUT2D eigenvalue weighted by Gasteiger charge is 2.20. The van der Waals surface area contributed by atoms with Gasteiger partial charge in [0.05, 0.1) is 10.7 Å². The van der Waals surface area contributed by atoms with E-state index in [0.29, 0.717) is 5.92 Å². The third kappa shape index (κ3) is 4.78. The van der Waals surface area contributed by atoms with E-state index in [1.807, 2.05) is 6.07 Å². The van der Waals surface area contributed by atoms with Crippen LogP contribution in [0.15, 0.2) is 26.8 Å². The highest BCUT2D eigenvalue weighted by molar-refractivity contribution is 9.10. The van der Waals surface area contributed by atoms with Crippen LogP contribution < -0.4 is 5.32 Å². The molecule has 1 aliphatic carbocycles. The molecule has 0 aromatic carbocycles. The number of furan rings is 1. The van der Waals surface area contributed by atoms with Gasteiger partial charge in [0.15, 0.2) is 0 Å². The molecule has 1 aromatic rings. The maximum absolute atomic E-state index is 5.57. The van der Waals surface area contributed by atoms with Gasteiger partial charge in [-0.3, -0.25) is 0 Å². The van der Waals surface area contributed by atoms with Gasteiger partial charge in [0.2, 0.25) is 0 Å². The Kier molecular flexibility index (Phi) is 5.50. The third-order valence-corrected chi connectivity index (χ3v) is 4.57. The molecule has 20 heavy (non-hydrogen) atoms. The second-order valence-corrected chi connectivity index (χ2v) is 7.64. The molecule has 0 aliphatic heterocycles. The molecule has 0 unspecified atom stereocenters. The Bertz CT molecular complexity index is 450. The molecule has 0 bridgehead atoms. The maximum atomic E-state index is 5.57. The van der Waals surface area contributed by atoms with Crippen LogP contribution in [0.5, 0.6) is 0 Å². The second kappa shape index (κ2) is 6.95. The summed E-state index contributed by atoms with van der Waals surface area (Å²) in [6.07, 6.45) is 10.7. The van der Waals surface area contributed by atoms with Gasteiger partial charge in [0.25, 0.3) is 0 Å². The Morgan fingerprint density at radius 3 is 2.60 bits per heavy atom. The summed E-state index contributed by atoms with van der Waals surface area (Å²) in [6.45, 7) is 7.60. The fourth-order valence-electron chi connectivity index (χ4n) is 2.73. The summed E-state index contributed by atoms with van der Waals surface area (Å²) in [4.78, 5) is 0. The average Bonchev–Trinajstić information content (AvgIpc) is 2.80. The highest BCUT2D eigenvalue weighted by Crippen LogP contribution is 2.32. The molecule has 1 aromatic heterocycles. The molecule has 0 saturated heterocycles. The van der Waals surface area contributed by atoms with Crippen LogP contribution in [0, 0.1) is 5.92 Å². The SMILES string of the molecule is CC(C)(C)NC/C(=C/c1occc1Br)C1CCCCC1. The van der Waals surface area contributed by atoms with Crippen LogP contribution >= 0.6 is 15.9 Å². The van der Waals surface area contributed by atoms with Crippen LogP contribution in [0.3, 0.4) is 0 Å². The molecule has 1 aliphatic rings. The van der Waals surface area contributed by atoms with Crippen molar-refractivity contribution in [1.29, 1.82) is 0 Å². The predicted molar refractivity (Wildman–Crippen MR) is 88.7 cm³/mol. The first-order chi connectivity index (χ1) is 9.46. The Morgan fingerprint density at radius 2 is 2.05 bits per heavy atom. The van der Waals surface area contributed by atoms with E-state index in [4.69, 9.17) is 4.42 Å². The van der Waals surface area contributed by atoms with Crippen LogP contribution in [0.1, 0.15) is 58.6 Å². The summed E-state index contributed by atoms with van der Waals surface area (Å²) >= 11 is 3.55. The molecule has 3 heteroatoms. The fourth-order valence-corrected chi connectivity index (χ4v) is 3.05. The molecule has 0 radical (unpaired) electrons. The number of rotatable bonds is 4. The molecule has 1 fully saturated rings. The molecular weight excluding hydrogens is 314 g/mol. The van der Waals surface area contributed by atoms with Crippen LogP contribution in [-0.4, -0.2) is 12.1 Å². The monoisotopic (exact) mass is 339 g/mol. The van der Waals surface area contributed by atoms with Crippen molar-refractivity contribution >= 4 is 22.0 Å². The molecular formula is C17H26BrNO. The maximum Gasteiger partial charge on any atom is 0.140 e. The molecule has 0 amide bonds. The summed E-state index contributed by atoms with van der Waals surface area (Å²) < 4.78 is 6.61. The van der Waals surface area contributed by atoms with Crippen molar-refractivity contribution in [2.75, 3.05) is 6.54 Å². The van der Waals surface area contributed by atoms with Crippen molar-refractivity contribution in [2.24, 2.45) is 5.92 Å². The van der Waals surface area contributed by atoms with E-state index in [-0.39, 0.29) is 5.54 Å². The van der Waals surface area contributed by atoms with E-state index in [1.54, 1.807) is 6.26 Å². The lowest BCUT2D eigenvalue weighted by Gasteiger charge is -2.28. The van der Waals surface area contributed by atoms with E-state index in [9.17, 15) is 0 Å². The molecule has 0 atom stereocenters. The van der Waals surface area contributed by atoms with Crippen molar-refractivity contribution < 1.29 is 4.42 Å². The Balaban J connectivity index is 2.14. The normalized spacial score (nSPS) is 18.5. The summed E-state index contributed by atoms with van der Waals surface area (Å²) in [6, 6.07) is 1.96. The fraction of sp³-hybridized carbons (Fsp3) is 0.647. The highest BCUT2D eigenvalue weighted by atomic mass is 79.9. The van der Waals surface area contributed by atoms with Crippen molar-refractivity contribution in [3.8, 4) is 0 Å². The van der Waals surface area contributed by atoms with Crippen LogP contribution in [0.4, 0.5) is 0 Å². The Labute approximate surface area is 131 Å². The number of hydrogen-bond donors (Lipinski definition) is 1. The minimum atomic E-state index is 0.147. The molecule has 0 spiro atoms. The quantitative estimate of drug-likeness (QED) is 0.794. The average molecular weight is 340 g/mol. The van der Waals surface area contributed by atoms with Gasteiger partial charge in [-0.1, -0.05) is 19.3 Å². The molecule has 112 valence electrons. The van der Waals surface area contributed by atoms with Crippen molar-refractivity contribution in [3.05, 3.63) is 28.1 Å². The van der Waals surface area contributed by atoms with Gasteiger partial charge in [0, 0.05) is 12.1 Å². The minimum Gasteiger partial charge on any atom is -0.464 e. The van der Waals surface area contributed by atoms with Crippen molar-refractivity contribution in [2.45, 2.75) is 58.4 Å². The molecule has 1 heterocycles. The minimum absolute atomic E-state index is 0.147. The van der Waals surface area contributed by atoms with E-state index < -0.39 is 0 Å². The first-order valence-electron chi connectivity index (χ1n) is 7.64. The molecule has 1 N–H and O–H groups in total. The summed E-state index contributed by atoms with van der Waals surface area (Å²) in [7, 11) is 0. The van der Waals surface area contributed by atoms with Gasteiger partial charge in [0.1, 0.15) is 5.76 Å². The van der Waals surface area contributed by atoms with E-state index in [0.717, 1.165) is 16.8 Å². The van der Waals surface area contributed by atoms with E-state index >= 15 is 0 Å². The summed E-state index contributed by atoms with van der Waals surface area (Å²) in [5.41, 5.74) is 1.63. The van der Waals surface area contributed by atoms with Crippen molar-refractivity contribution in [1.82, 2.24) is 5.32 Å². The molecule has 2 rings (SSSR count). The van der Waals surface area contributed by atoms with Gasteiger partial charge >= 0.3 is 0 Å². The first kappa shape index (κ1) is 15.8. The Hall–Kier alpha value is -0.540. The topological polar surface area (TPSA) is 25.2 Å². The van der Waals surface area contributed by atoms with E-state index in [1.165, 1.54) is 37.7 Å². The zero-order valence-electron chi connectivity index (χ0n) is 12.8. The predicted octanol–water partition coefficient (Wildman–Crippen LogP) is 5.39. The van der Waals surface area contributed by atoms with Crippen LogP contribution in [0.2, 0.25) is 0 Å². The zero-order chi connectivity index (χ0) is 14.6. The van der Waals surface area contributed by atoms with Crippen LogP contribution in [-0.2, 0) is 0 Å². The van der Waals surface area contributed by atoms with Crippen molar-refractivity contribution in [3.63, 3.8) is 0 Å². The molecule has 1 saturated carbocycles. The van der Waals surface area contributed by atoms with Gasteiger partial charge in [-0.15, -0.1) is 0 Å². The summed E-state index contributed by atoms with van der Waals surface area (Å²) in [5, 5.41) is 3.63. The van der Waals surface area contributed by atoms with Gasteiger partial charge in [-0.25, -0.2) is 0 Å². The van der Waals surface area contributed by atoms with Crippen LogP contribution in [0.25, 0.3) is 6.08 Å². The van der Waals surface area contributed by atoms with Gasteiger partial charge in [-0.2, -0.15) is 0 Å². The first-order valence-corrected chi connectivity index (χ1v) is 8.43. The largest absolute Gasteiger partial charge is 0.464 e. The molecule has 2 nitrogen and oxygen atoms in total. The number of nitrogens with one attached hydrogen (secondary N) is 1. The van der Waals surface area contributed by atoms with Gasteiger partial charge < -0.3 is 9.73 Å².